The topological polar surface area (TPSA) is 84.3 Å². The zero-order chi connectivity index (χ0) is 12.8. The number of benzene rings is 1. The zero-order valence-electron chi connectivity index (χ0n) is 9.60. The summed E-state index contributed by atoms with van der Waals surface area (Å²) in [7, 11) is 1.77. The Morgan fingerprint density at radius 2 is 2.06 bits per heavy atom. The number of hydrogen-bond acceptors (Lipinski definition) is 4. The van der Waals surface area contributed by atoms with E-state index in [2.05, 4.69) is 26.6 Å². The van der Waals surface area contributed by atoms with E-state index in [4.69, 9.17) is 0 Å². The Morgan fingerprint density at radius 1 is 1.39 bits per heavy atom. The summed E-state index contributed by atoms with van der Waals surface area (Å²) in [5, 5.41) is 16.2. The van der Waals surface area contributed by atoms with E-state index < -0.39 is 4.92 Å². The average Bonchev–Trinajstić information content (AvgIpc) is 2.28. The summed E-state index contributed by atoms with van der Waals surface area (Å²) in [5.41, 5.74) is 0.153. The summed E-state index contributed by atoms with van der Waals surface area (Å²) >= 11 is 3.13. The second-order valence-electron chi connectivity index (χ2n) is 3.31. The lowest BCUT2D eigenvalue weighted by molar-refractivity contribution is -0.385. The molecule has 0 aliphatic rings. The number of carbonyl (C=O) groups excluding carboxylic acids is 1. The van der Waals surface area contributed by atoms with Crippen LogP contribution in [0.5, 0.6) is 0 Å². The molecule has 2 N–H and O–H groups in total. The van der Waals surface area contributed by atoms with Crippen molar-refractivity contribution in [3.63, 3.8) is 0 Å². The third-order valence-corrected chi connectivity index (χ3v) is 2.47. The van der Waals surface area contributed by atoms with Crippen molar-refractivity contribution in [2.24, 2.45) is 0 Å². The van der Waals surface area contributed by atoms with Gasteiger partial charge in [-0.15, -0.1) is 12.4 Å². The fraction of sp³-hybridized carbons (Fsp3) is 0.300. The Labute approximate surface area is 119 Å². The van der Waals surface area contributed by atoms with Gasteiger partial charge in [0.1, 0.15) is 0 Å². The van der Waals surface area contributed by atoms with Crippen molar-refractivity contribution in [1.29, 1.82) is 0 Å². The zero-order valence-corrected chi connectivity index (χ0v) is 12.0. The minimum Gasteiger partial charge on any atom is -0.351 e. The highest BCUT2D eigenvalue weighted by Gasteiger charge is 2.13. The molecule has 6 nitrogen and oxygen atoms in total. The summed E-state index contributed by atoms with van der Waals surface area (Å²) in [4.78, 5) is 21.8. The predicted molar refractivity (Wildman–Crippen MR) is 74.3 cm³/mol. The van der Waals surface area contributed by atoms with Crippen LogP contribution in [0, 0.1) is 10.1 Å². The van der Waals surface area contributed by atoms with Gasteiger partial charge in [-0.3, -0.25) is 14.9 Å². The van der Waals surface area contributed by atoms with Crippen molar-refractivity contribution < 1.29 is 9.72 Å². The van der Waals surface area contributed by atoms with E-state index >= 15 is 0 Å². The molecule has 1 aromatic rings. The molecule has 0 atom stereocenters. The highest BCUT2D eigenvalue weighted by atomic mass is 79.9. The molecule has 0 aliphatic carbocycles. The molecular weight excluding hydrogens is 325 g/mol. The van der Waals surface area contributed by atoms with Gasteiger partial charge in [0.05, 0.1) is 4.92 Å². The van der Waals surface area contributed by atoms with Gasteiger partial charge in [-0.25, -0.2) is 0 Å². The molecule has 0 aromatic heterocycles. The van der Waals surface area contributed by atoms with Crippen LogP contribution in [0.3, 0.4) is 0 Å². The van der Waals surface area contributed by atoms with Crippen LogP contribution in [0.15, 0.2) is 22.7 Å². The third kappa shape index (κ3) is 4.99. The molecule has 0 unspecified atom stereocenters. The first-order chi connectivity index (χ1) is 8.04. The Hall–Kier alpha value is -1.18. The van der Waals surface area contributed by atoms with Crippen molar-refractivity contribution in [2.75, 3.05) is 20.1 Å². The number of amides is 1. The Balaban J connectivity index is 0.00000289. The van der Waals surface area contributed by atoms with Gasteiger partial charge in [0.2, 0.25) is 0 Å². The van der Waals surface area contributed by atoms with E-state index in [1.165, 1.54) is 12.1 Å². The molecule has 0 saturated heterocycles. The molecule has 100 valence electrons. The second-order valence-corrected chi connectivity index (χ2v) is 4.23. The van der Waals surface area contributed by atoms with Crippen molar-refractivity contribution in [3.8, 4) is 0 Å². The van der Waals surface area contributed by atoms with E-state index in [0.717, 1.165) is 0 Å². The Kier molecular flexibility index (Phi) is 7.49. The SMILES string of the molecule is CNCCNC(=O)c1cc(Br)cc([N+](=O)[O-])c1.Cl. The first-order valence-corrected chi connectivity index (χ1v) is 5.71. The largest absolute Gasteiger partial charge is 0.351 e. The number of nitrogens with zero attached hydrogens (tertiary/aromatic N) is 1. The monoisotopic (exact) mass is 337 g/mol. The molecule has 1 rings (SSSR count). The van der Waals surface area contributed by atoms with Crippen LogP contribution in [0.1, 0.15) is 10.4 Å². The highest BCUT2D eigenvalue weighted by Crippen LogP contribution is 2.21. The molecule has 0 aliphatic heterocycles. The van der Waals surface area contributed by atoms with E-state index in [0.29, 0.717) is 17.6 Å². The number of likely N-dealkylation sites (N-methyl/N-ethyl adjacent to an activating group) is 1. The lowest BCUT2D eigenvalue weighted by Gasteiger charge is -2.05. The molecule has 1 aromatic carbocycles. The minimum atomic E-state index is -0.533. The van der Waals surface area contributed by atoms with Gasteiger partial charge >= 0.3 is 0 Å². The minimum absolute atomic E-state index is 0. The standard InChI is InChI=1S/C10H12BrN3O3.ClH/c1-12-2-3-13-10(15)7-4-8(11)6-9(5-7)14(16)17;/h4-6,12H,2-3H2,1H3,(H,13,15);1H. The van der Waals surface area contributed by atoms with Crippen LogP contribution in [-0.2, 0) is 0 Å². The molecule has 18 heavy (non-hydrogen) atoms. The molecule has 0 spiro atoms. The third-order valence-electron chi connectivity index (χ3n) is 2.02. The molecule has 1 amide bonds. The van der Waals surface area contributed by atoms with E-state index in [9.17, 15) is 14.9 Å². The maximum absolute atomic E-state index is 11.7. The summed E-state index contributed by atoms with van der Waals surface area (Å²) in [6, 6.07) is 4.14. The van der Waals surface area contributed by atoms with Gasteiger partial charge in [0, 0.05) is 35.3 Å². The van der Waals surface area contributed by atoms with Gasteiger partial charge in [0.15, 0.2) is 0 Å². The van der Waals surface area contributed by atoms with Crippen LogP contribution >= 0.6 is 28.3 Å². The van der Waals surface area contributed by atoms with E-state index in [1.807, 2.05) is 0 Å². The molecule has 8 heteroatoms. The molecule has 0 saturated carbocycles. The number of nitro groups is 1. The second kappa shape index (κ2) is 8.02. The molecular formula is C10H13BrClN3O3. The van der Waals surface area contributed by atoms with Crippen LogP contribution in [0.2, 0.25) is 0 Å². The van der Waals surface area contributed by atoms with Crippen LogP contribution in [0.4, 0.5) is 5.69 Å². The number of rotatable bonds is 5. The average molecular weight is 339 g/mol. The summed E-state index contributed by atoms with van der Waals surface area (Å²) in [5.74, 6) is -0.329. The van der Waals surface area contributed by atoms with Crippen molar-refractivity contribution >= 4 is 39.9 Å². The first kappa shape index (κ1) is 16.8. The lowest BCUT2D eigenvalue weighted by atomic mass is 10.2. The number of nitro benzene ring substituents is 1. The summed E-state index contributed by atoms with van der Waals surface area (Å²) in [6.07, 6.45) is 0. The fourth-order valence-corrected chi connectivity index (χ4v) is 1.69. The van der Waals surface area contributed by atoms with Gasteiger partial charge in [0.25, 0.3) is 11.6 Å². The number of hydrogen-bond donors (Lipinski definition) is 2. The molecule has 0 fully saturated rings. The first-order valence-electron chi connectivity index (χ1n) is 4.92. The quantitative estimate of drug-likeness (QED) is 0.486. The Morgan fingerprint density at radius 3 is 2.61 bits per heavy atom. The van der Waals surface area contributed by atoms with E-state index in [1.54, 1.807) is 13.1 Å². The number of nitrogens with one attached hydrogen (secondary N) is 2. The predicted octanol–water partition coefficient (Wildman–Crippen LogP) is 1.73. The Bertz CT molecular complexity index is 442. The summed E-state index contributed by atoms with van der Waals surface area (Å²) < 4.78 is 0.505. The normalized spacial score (nSPS) is 9.44. The summed E-state index contributed by atoms with van der Waals surface area (Å²) in [6.45, 7) is 1.11. The maximum Gasteiger partial charge on any atom is 0.271 e. The maximum atomic E-state index is 11.7. The van der Waals surface area contributed by atoms with Gasteiger partial charge < -0.3 is 10.6 Å². The number of halogens is 2. The van der Waals surface area contributed by atoms with Crippen LogP contribution in [-0.4, -0.2) is 31.0 Å². The van der Waals surface area contributed by atoms with E-state index in [-0.39, 0.29) is 29.6 Å². The highest BCUT2D eigenvalue weighted by molar-refractivity contribution is 9.10. The van der Waals surface area contributed by atoms with Crippen LogP contribution in [0.25, 0.3) is 0 Å². The van der Waals surface area contributed by atoms with Crippen LogP contribution < -0.4 is 10.6 Å². The van der Waals surface area contributed by atoms with Crippen molar-refractivity contribution in [3.05, 3.63) is 38.3 Å². The van der Waals surface area contributed by atoms with Crippen molar-refractivity contribution in [2.45, 2.75) is 0 Å². The molecule has 0 radical (unpaired) electrons. The fourth-order valence-electron chi connectivity index (χ4n) is 1.21. The smallest absolute Gasteiger partial charge is 0.271 e. The van der Waals surface area contributed by atoms with Crippen molar-refractivity contribution in [1.82, 2.24) is 10.6 Å². The molecule has 0 heterocycles. The molecule has 0 bridgehead atoms. The van der Waals surface area contributed by atoms with Gasteiger partial charge in [-0.2, -0.15) is 0 Å². The number of non-ortho nitro benzene ring substituents is 1. The number of carbonyl (C=O) groups is 1. The lowest BCUT2D eigenvalue weighted by Crippen LogP contribution is -2.30. The van der Waals surface area contributed by atoms with Gasteiger partial charge in [-0.1, -0.05) is 15.9 Å². The van der Waals surface area contributed by atoms with Gasteiger partial charge in [-0.05, 0) is 13.1 Å².